The molecular weight excluding hydrogens is 356 g/mol. The Hall–Kier alpha value is -2.18. The zero-order chi connectivity index (χ0) is 17.1. The van der Waals surface area contributed by atoms with Crippen LogP contribution in [0.3, 0.4) is 0 Å². The number of ether oxygens (including phenoxy) is 1. The number of nitrogens with zero attached hydrogens (tertiary/aromatic N) is 4. The van der Waals surface area contributed by atoms with Crippen LogP contribution in [0.25, 0.3) is 0 Å². The Balaban J connectivity index is 1.37. The molecule has 1 unspecified atom stereocenters. The molecule has 1 fully saturated rings. The van der Waals surface area contributed by atoms with Crippen molar-refractivity contribution in [1.82, 2.24) is 15.2 Å². The van der Waals surface area contributed by atoms with Gasteiger partial charge >= 0.3 is 0 Å². The third-order valence-electron chi connectivity index (χ3n) is 4.08. The molecule has 0 bridgehead atoms. The van der Waals surface area contributed by atoms with Gasteiger partial charge in [-0.05, 0) is 29.8 Å². The van der Waals surface area contributed by atoms with E-state index in [0.717, 1.165) is 46.8 Å². The summed E-state index contributed by atoms with van der Waals surface area (Å²) in [6.07, 6.45) is 5.40. The van der Waals surface area contributed by atoms with E-state index >= 15 is 0 Å². The van der Waals surface area contributed by atoms with Gasteiger partial charge in [0.15, 0.2) is 0 Å². The highest BCUT2D eigenvalue weighted by Crippen LogP contribution is 2.27. The van der Waals surface area contributed by atoms with Gasteiger partial charge in [0.25, 0.3) is 0 Å². The molecule has 7 heteroatoms. The summed E-state index contributed by atoms with van der Waals surface area (Å²) in [6, 6.07) is 11.7. The fraction of sp³-hybridized carbons (Fsp3) is 0.278. The minimum atomic E-state index is 0.160. The smallest absolute Gasteiger partial charge is 0.208 e. The van der Waals surface area contributed by atoms with E-state index in [2.05, 4.69) is 20.1 Å². The van der Waals surface area contributed by atoms with Crippen LogP contribution in [0.5, 0.6) is 5.75 Å². The second kappa shape index (κ2) is 7.37. The van der Waals surface area contributed by atoms with Gasteiger partial charge in [0.2, 0.25) is 5.13 Å². The van der Waals surface area contributed by atoms with E-state index in [4.69, 9.17) is 16.3 Å². The highest BCUT2D eigenvalue weighted by Gasteiger charge is 2.26. The lowest BCUT2D eigenvalue weighted by Gasteiger charge is -2.15. The average molecular weight is 373 g/mol. The van der Waals surface area contributed by atoms with Crippen molar-refractivity contribution in [2.24, 2.45) is 0 Å². The third kappa shape index (κ3) is 4.08. The Kier molecular flexibility index (Phi) is 4.81. The second-order valence-corrected chi connectivity index (χ2v) is 7.42. The molecule has 128 valence electrons. The van der Waals surface area contributed by atoms with Crippen molar-refractivity contribution in [3.63, 3.8) is 0 Å². The molecule has 0 N–H and O–H groups in total. The summed E-state index contributed by atoms with van der Waals surface area (Å²) in [5.74, 6) is 0.815. The summed E-state index contributed by atoms with van der Waals surface area (Å²) in [7, 11) is 0. The van der Waals surface area contributed by atoms with Gasteiger partial charge < -0.3 is 9.64 Å². The Morgan fingerprint density at radius 3 is 2.88 bits per heavy atom. The first-order chi connectivity index (χ1) is 12.3. The summed E-state index contributed by atoms with van der Waals surface area (Å²) in [6.45, 7) is 1.75. The molecule has 1 aliphatic rings. The molecule has 1 atom stereocenters. The molecule has 0 radical (unpaired) electrons. The van der Waals surface area contributed by atoms with E-state index in [-0.39, 0.29) is 6.10 Å². The van der Waals surface area contributed by atoms with E-state index < -0.39 is 0 Å². The molecule has 4 rings (SSSR count). The van der Waals surface area contributed by atoms with Crippen molar-refractivity contribution in [2.75, 3.05) is 18.0 Å². The molecule has 0 saturated carbocycles. The van der Waals surface area contributed by atoms with Gasteiger partial charge in [-0.2, -0.15) is 0 Å². The van der Waals surface area contributed by atoms with Gasteiger partial charge in [-0.25, -0.2) is 0 Å². The molecule has 0 spiro atoms. The largest absolute Gasteiger partial charge is 0.487 e. The summed E-state index contributed by atoms with van der Waals surface area (Å²) in [5.41, 5.74) is 1.19. The van der Waals surface area contributed by atoms with Crippen LogP contribution >= 0.6 is 22.9 Å². The van der Waals surface area contributed by atoms with Crippen molar-refractivity contribution in [2.45, 2.75) is 18.9 Å². The fourth-order valence-electron chi connectivity index (χ4n) is 2.83. The van der Waals surface area contributed by atoms with Crippen LogP contribution in [0, 0.1) is 0 Å². The number of aromatic nitrogens is 3. The van der Waals surface area contributed by atoms with Gasteiger partial charge in [0.1, 0.15) is 16.9 Å². The summed E-state index contributed by atoms with van der Waals surface area (Å²) < 4.78 is 5.98. The van der Waals surface area contributed by atoms with Crippen LogP contribution in [0.2, 0.25) is 5.02 Å². The first-order valence-corrected chi connectivity index (χ1v) is 9.34. The predicted molar refractivity (Wildman–Crippen MR) is 99.7 cm³/mol. The second-order valence-electron chi connectivity index (χ2n) is 5.94. The van der Waals surface area contributed by atoms with Crippen LogP contribution in [0.1, 0.15) is 17.0 Å². The number of pyridine rings is 1. The highest BCUT2D eigenvalue weighted by atomic mass is 35.5. The monoisotopic (exact) mass is 372 g/mol. The lowest BCUT2D eigenvalue weighted by Crippen LogP contribution is -2.24. The topological polar surface area (TPSA) is 51.1 Å². The molecule has 3 heterocycles. The van der Waals surface area contributed by atoms with Crippen LogP contribution < -0.4 is 9.64 Å². The molecule has 5 nitrogen and oxygen atoms in total. The lowest BCUT2D eigenvalue weighted by molar-refractivity contribution is 0.224. The zero-order valence-corrected chi connectivity index (χ0v) is 15.1. The van der Waals surface area contributed by atoms with Crippen molar-refractivity contribution >= 4 is 28.1 Å². The minimum Gasteiger partial charge on any atom is -0.487 e. The highest BCUT2D eigenvalue weighted by molar-refractivity contribution is 7.15. The van der Waals surface area contributed by atoms with E-state index in [1.807, 2.05) is 36.4 Å². The van der Waals surface area contributed by atoms with Gasteiger partial charge in [0, 0.05) is 30.6 Å². The normalized spacial score (nSPS) is 17.0. The van der Waals surface area contributed by atoms with Crippen LogP contribution in [-0.4, -0.2) is 34.4 Å². The first-order valence-electron chi connectivity index (χ1n) is 8.15. The SMILES string of the molecule is Clc1ccc(Cc2nnc(N3CCC(Oc4cccnc4)C3)s2)cc1. The first kappa shape index (κ1) is 16.3. The fourth-order valence-corrected chi connectivity index (χ4v) is 3.86. The van der Waals surface area contributed by atoms with E-state index in [0.29, 0.717) is 0 Å². The number of halogens is 1. The van der Waals surface area contributed by atoms with Crippen molar-refractivity contribution in [3.05, 3.63) is 64.4 Å². The van der Waals surface area contributed by atoms with Crippen LogP contribution in [0.15, 0.2) is 48.8 Å². The van der Waals surface area contributed by atoms with E-state index in [9.17, 15) is 0 Å². The van der Waals surface area contributed by atoms with Crippen LogP contribution in [0.4, 0.5) is 5.13 Å². The van der Waals surface area contributed by atoms with E-state index in [1.54, 1.807) is 23.7 Å². The molecular formula is C18H17ClN4OS. The molecule has 1 aliphatic heterocycles. The summed E-state index contributed by atoms with van der Waals surface area (Å²) in [4.78, 5) is 6.33. The van der Waals surface area contributed by atoms with Gasteiger partial charge in [-0.15, -0.1) is 10.2 Å². The summed E-state index contributed by atoms with van der Waals surface area (Å²) >= 11 is 7.57. The van der Waals surface area contributed by atoms with Gasteiger partial charge in [-0.1, -0.05) is 35.1 Å². The molecule has 0 aliphatic carbocycles. The van der Waals surface area contributed by atoms with Crippen molar-refractivity contribution in [3.8, 4) is 5.75 Å². The summed E-state index contributed by atoms with van der Waals surface area (Å²) in [5, 5.41) is 11.4. The third-order valence-corrected chi connectivity index (χ3v) is 5.31. The number of benzene rings is 1. The van der Waals surface area contributed by atoms with Crippen LogP contribution in [-0.2, 0) is 6.42 Å². The van der Waals surface area contributed by atoms with Crippen molar-refractivity contribution in [1.29, 1.82) is 0 Å². The molecule has 2 aromatic heterocycles. The number of hydrogen-bond donors (Lipinski definition) is 0. The Morgan fingerprint density at radius 1 is 1.20 bits per heavy atom. The number of hydrogen-bond acceptors (Lipinski definition) is 6. The van der Waals surface area contributed by atoms with E-state index in [1.165, 1.54) is 5.56 Å². The maximum atomic E-state index is 5.98. The number of rotatable bonds is 5. The van der Waals surface area contributed by atoms with Crippen molar-refractivity contribution < 1.29 is 4.74 Å². The molecule has 3 aromatic rings. The molecule has 1 saturated heterocycles. The standard InChI is InChI=1S/C18H17ClN4OS/c19-14-5-3-13(4-6-14)10-17-21-22-18(25-17)23-9-7-16(12-23)24-15-2-1-8-20-11-15/h1-6,8,11,16H,7,9-10,12H2. The van der Waals surface area contributed by atoms with Gasteiger partial charge in [0.05, 0.1) is 12.7 Å². The average Bonchev–Trinajstić information content (AvgIpc) is 3.27. The Morgan fingerprint density at radius 2 is 2.08 bits per heavy atom. The number of anilines is 1. The maximum Gasteiger partial charge on any atom is 0.208 e. The predicted octanol–water partition coefficient (Wildman–Crippen LogP) is 3.84. The minimum absolute atomic E-state index is 0.160. The zero-order valence-electron chi connectivity index (χ0n) is 13.5. The Labute approximate surface area is 155 Å². The van der Waals surface area contributed by atoms with Gasteiger partial charge in [-0.3, -0.25) is 4.98 Å². The lowest BCUT2D eigenvalue weighted by atomic mass is 10.2. The maximum absolute atomic E-state index is 5.98. The Bertz CT molecular complexity index is 825. The quantitative estimate of drug-likeness (QED) is 0.681. The molecule has 25 heavy (non-hydrogen) atoms. The molecule has 0 amide bonds. The molecule has 1 aromatic carbocycles.